The second-order valence-corrected chi connectivity index (χ2v) is 3.23. The van der Waals surface area contributed by atoms with Crippen molar-refractivity contribution in [3.8, 4) is 11.5 Å². The summed E-state index contributed by atoms with van der Waals surface area (Å²) in [7, 11) is 1.55. The highest BCUT2D eigenvalue weighted by molar-refractivity contribution is 5.99. The van der Waals surface area contributed by atoms with Gasteiger partial charge in [-0.1, -0.05) is 0 Å². The molecule has 0 atom stereocenters. The molecule has 1 aromatic rings. The van der Waals surface area contributed by atoms with Crippen molar-refractivity contribution < 1.29 is 19.0 Å². The molecule has 15 heavy (non-hydrogen) atoms. The van der Waals surface area contributed by atoms with Gasteiger partial charge in [0, 0.05) is 19.6 Å². The normalized spacial score (nSPS) is 14.3. The van der Waals surface area contributed by atoms with E-state index in [1.807, 2.05) is 0 Å². The number of hydrogen-bond acceptors (Lipinski definition) is 4. The van der Waals surface area contributed by atoms with Gasteiger partial charge < -0.3 is 14.2 Å². The van der Waals surface area contributed by atoms with Gasteiger partial charge in [-0.3, -0.25) is 4.79 Å². The molecule has 0 saturated carbocycles. The Bertz CT molecular complexity index is 373. The van der Waals surface area contributed by atoms with Crippen LogP contribution in [0, 0.1) is 0 Å². The summed E-state index contributed by atoms with van der Waals surface area (Å²) in [6.07, 6.45) is 0.450. The lowest BCUT2D eigenvalue weighted by Gasteiger charge is -2.16. The summed E-state index contributed by atoms with van der Waals surface area (Å²) >= 11 is 0. The highest BCUT2D eigenvalue weighted by Crippen LogP contribution is 2.28. The lowest BCUT2D eigenvalue weighted by molar-refractivity contribution is 0.0509. The maximum absolute atomic E-state index is 11.5. The van der Waals surface area contributed by atoms with Crippen molar-refractivity contribution in [2.24, 2.45) is 0 Å². The molecule has 1 aliphatic heterocycles. The van der Waals surface area contributed by atoms with Crippen LogP contribution in [0.1, 0.15) is 16.8 Å². The number of methoxy groups -OCH3 is 1. The summed E-state index contributed by atoms with van der Waals surface area (Å²) in [6, 6.07) is 5.18. The lowest BCUT2D eigenvalue weighted by atomic mass is 10.1. The van der Waals surface area contributed by atoms with E-state index in [1.165, 1.54) is 0 Å². The van der Waals surface area contributed by atoms with Crippen molar-refractivity contribution >= 4 is 5.78 Å². The van der Waals surface area contributed by atoms with E-state index in [0.717, 1.165) is 0 Å². The first-order valence-corrected chi connectivity index (χ1v) is 4.73. The van der Waals surface area contributed by atoms with E-state index in [0.29, 0.717) is 30.1 Å². The Labute approximate surface area is 87.8 Å². The van der Waals surface area contributed by atoms with Gasteiger partial charge in [0.2, 0.25) is 0 Å². The maximum atomic E-state index is 11.5. The molecule has 0 aliphatic carbocycles. The van der Waals surface area contributed by atoms with Gasteiger partial charge in [-0.15, -0.1) is 0 Å². The van der Waals surface area contributed by atoms with Gasteiger partial charge in [-0.25, -0.2) is 0 Å². The molecule has 0 unspecified atom stereocenters. The molecule has 0 radical (unpaired) electrons. The Morgan fingerprint density at radius 3 is 3.13 bits per heavy atom. The smallest absolute Gasteiger partial charge is 0.188 e. The summed E-state index contributed by atoms with van der Waals surface area (Å²) in [6.45, 7) is 0.631. The Kier molecular flexibility index (Phi) is 2.87. The lowest BCUT2D eigenvalue weighted by Crippen LogP contribution is -2.15. The summed E-state index contributed by atoms with van der Waals surface area (Å²) < 4.78 is 15.4. The third-order valence-electron chi connectivity index (χ3n) is 2.18. The SMILES string of the molecule is COCOc1ccc2c(c1)OCCC2=O. The highest BCUT2D eigenvalue weighted by atomic mass is 16.7. The summed E-state index contributed by atoms with van der Waals surface area (Å²) in [5, 5.41) is 0. The minimum atomic E-state index is 0.120. The number of rotatable bonds is 3. The predicted octanol–water partition coefficient (Wildman–Crippen LogP) is 1.63. The van der Waals surface area contributed by atoms with E-state index in [-0.39, 0.29) is 12.6 Å². The standard InChI is InChI=1S/C11H12O4/c1-13-7-15-8-2-3-9-10(12)4-5-14-11(9)6-8/h2-3,6H,4-5,7H2,1H3. The van der Waals surface area contributed by atoms with Gasteiger partial charge in [0.05, 0.1) is 12.2 Å². The molecule has 0 bridgehead atoms. The van der Waals surface area contributed by atoms with Gasteiger partial charge in [0.1, 0.15) is 11.5 Å². The van der Waals surface area contributed by atoms with Crippen molar-refractivity contribution in [3.63, 3.8) is 0 Å². The molecule has 2 rings (SSSR count). The fourth-order valence-corrected chi connectivity index (χ4v) is 1.46. The van der Waals surface area contributed by atoms with Gasteiger partial charge in [-0.05, 0) is 12.1 Å². The number of carbonyl (C=O) groups excluding carboxylic acids is 1. The Morgan fingerprint density at radius 1 is 1.47 bits per heavy atom. The van der Waals surface area contributed by atoms with Crippen LogP contribution in [0.3, 0.4) is 0 Å². The van der Waals surface area contributed by atoms with E-state index in [2.05, 4.69) is 0 Å². The first kappa shape index (κ1) is 9.98. The molecule has 0 fully saturated rings. The second kappa shape index (κ2) is 4.31. The zero-order chi connectivity index (χ0) is 10.7. The molecule has 0 saturated heterocycles. The van der Waals surface area contributed by atoms with Crippen molar-refractivity contribution in [3.05, 3.63) is 23.8 Å². The summed E-state index contributed by atoms with van der Waals surface area (Å²) in [4.78, 5) is 11.5. The topological polar surface area (TPSA) is 44.8 Å². The molecule has 0 spiro atoms. The Balaban J connectivity index is 2.21. The van der Waals surface area contributed by atoms with Gasteiger partial charge in [0.15, 0.2) is 12.6 Å². The van der Waals surface area contributed by atoms with Crippen LogP contribution < -0.4 is 9.47 Å². The minimum Gasteiger partial charge on any atom is -0.492 e. The minimum absolute atomic E-state index is 0.120. The number of ether oxygens (including phenoxy) is 3. The fourth-order valence-electron chi connectivity index (χ4n) is 1.46. The van der Waals surface area contributed by atoms with Crippen LogP contribution in [0.5, 0.6) is 11.5 Å². The number of ketones is 1. The van der Waals surface area contributed by atoms with Crippen LogP contribution in [0.25, 0.3) is 0 Å². The number of fused-ring (bicyclic) bond motifs is 1. The van der Waals surface area contributed by atoms with E-state index in [1.54, 1.807) is 25.3 Å². The fraction of sp³-hybridized carbons (Fsp3) is 0.364. The third-order valence-corrected chi connectivity index (χ3v) is 2.18. The van der Waals surface area contributed by atoms with Gasteiger partial charge >= 0.3 is 0 Å². The van der Waals surface area contributed by atoms with E-state index < -0.39 is 0 Å². The van der Waals surface area contributed by atoms with Gasteiger partial charge in [-0.2, -0.15) is 0 Å². The highest BCUT2D eigenvalue weighted by Gasteiger charge is 2.18. The Morgan fingerprint density at radius 2 is 2.33 bits per heavy atom. The van der Waals surface area contributed by atoms with Crippen molar-refractivity contribution in [1.29, 1.82) is 0 Å². The maximum Gasteiger partial charge on any atom is 0.188 e. The average molecular weight is 208 g/mol. The second-order valence-electron chi connectivity index (χ2n) is 3.23. The van der Waals surface area contributed by atoms with Crippen molar-refractivity contribution in [2.45, 2.75) is 6.42 Å². The number of hydrogen-bond donors (Lipinski definition) is 0. The van der Waals surface area contributed by atoms with E-state index in [4.69, 9.17) is 14.2 Å². The quantitative estimate of drug-likeness (QED) is 0.708. The molecule has 0 N–H and O–H groups in total. The van der Waals surface area contributed by atoms with Crippen LogP contribution in [-0.4, -0.2) is 26.3 Å². The van der Waals surface area contributed by atoms with E-state index in [9.17, 15) is 4.79 Å². The summed E-state index contributed by atoms with van der Waals surface area (Å²) in [5.41, 5.74) is 0.631. The van der Waals surface area contributed by atoms with Crippen LogP contribution in [-0.2, 0) is 4.74 Å². The third kappa shape index (κ3) is 2.10. The van der Waals surface area contributed by atoms with Crippen LogP contribution in [0.2, 0.25) is 0 Å². The molecule has 4 heteroatoms. The van der Waals surface area contributed by atoms with Crippen LogP contribution in [0.4, 0.5) is 0 Å². The van der Waals surface area contributed by atoms with Crippen LogP contribution in [0.15, 0.2) is 18.2 Å². The first-order valence-electron chi connectivity index (χ1n) is 4.73. The van der Waals surface area contributed by atoms with Crippen LogP contribution >= 0.6 is 0 Å². The molecule has 1 aromatic carbocycles. The summed E-state index contributed by atoms with van der Waals surface area (Å²) in [5.74, 6) is 1.36. The van der Waals surface area contributed by atoms with Crippen molar-refractivity contribution in [2.75, 3.05) is 20.5 Å². The predicted molar refractivity (Wildman–Crippen MR) is 53.4 cm³/mol. The zero-order valence-electron chi connectivity index (χ0n) is 8.49. The monoisotopic (exact) mass is 208 g/mol. The molecule has 0 amide bonds. The number of benzene rings is 1. The molecule has 1 aliphatic rings. The molecule has 0 aromatic heterocycles. The number of Topliss-reactive ketones (excluding diaryl/α,β-unsaturated/α-hetero) is 1. The van der Waals surface area contributed by atoms with E-state index >= 15 is 0 Å². The molecule has 4 nitrogen and oxygen atoms in total. The zero-order valence-corrected chi connectivity index (χ0v) is 8.49. The number of carbonyl (C=O) groups is 1. The van der Waals surface area contributed by atoms with Crippen molar-refractivity contribution in [1.82, 2.24) is 0 Å². The largest absolute Gasteiger partial charge is 0.492 e. The van der Waals surface area contributed by atoms with Gasteiger partial charge in [0.25, 0.3) is 0 Å². The average Bonchev–Trinajstić information content (AvgIpc) is 2.26. The Hall–Kier alpha value is -1.55. The first-order chi connectivity index (χ1) is 7.31. The molecule has 80 valence electrons. The molecular weight excluding hydrogens is 196 g/mol. The molecule has 1 heterocycles. The molecular formula is C11H12O4.